The fourth-order valence-electron chi connectivity index (χ4n) is 3.40. The molecule has 2 aromatic carbocycles. The van der Waals surface area contributed by atoms with Gasteiger partial charge in [0.05, 0.1) is 0 Å². The van der Waals surface area contributed by atoms with Gasteiger partial charge in [0, 0.05) is 0 Å². The van der Waals surface area contributed by atoms with E-state index >= 15 is 0 Å². The van der Waals surface area contributed by atoms with E-state index in [1.54, 1.807) is 3.28 Å². The summed E-state index contributed by atoms with van der Waals surface area (Å²) in [6.45, 7) is 0. The Morgan fingerprint density at radius 3 is 2.10 bits per heavy atom. The SMILES string of the molecule is [CH2]=[Zr+2]([C]1=CC=CC1)[CH]1c2ccccc2-c2ccccc21.[H-].[H-]. The summed E-state index contributed by atoms with van der Waals surface area (Å²) in [5, 5.41) is 0. The molecule has 0 saturated carbocycles. The number of hydrogen-bond donors (Lipinski definition) is 0. The van der Waals surface area contributed by atoms with Crippen molar-refractivity contribution in [3.8, 4) is 11.1 Å². The maximum absolute atomic E-state index is 4.69. The van der Waals surface area contributed by atoms with Gasteiger partial charge in [0.2, 0.25) is 0 Å². The molecule has 4 rings (SSSR count). The van der Waals surface area contributed by atoms with Gasteiger partial charge in [-0.15, -0.1) is 0 Å². The molecule has 0 heterocycles. The third-order valence-corrected chi connectivity index (χ3v) is 10.5. The predicted octanol–water partition coefficient (Wildman–Crippen LogP) is 4.88. The zero-order chi connectivity index (χ0) is 13.5. The van der Waals surface area contributed by atoms with Crippen LogP contribution < -0.4 is 0 Å². The Bertz CT molecular complexity index is 729. The van der Waals surface area contributed by atoms with Gasteiger partial charge in [-0.2, -0.15) is 0 Å². The second kappa shape index (κ2) is 4.90. The first-order valence-electron chi connectivity index (χ1n) is 7.09. The summed E-state index contributed by atoms with van der Waals surface area (Å²) in [4.78, 5) is 0. The van der Waals surface area contributed by atoms with E-state index in [4.69, 9.17) is 0 Å². The summed E-state index contributed by atoms with van der Waals surface area (Å²) in [5.41, 5.74) is 5.90. The van der Waals surface area contributed by atoms with Crippen molar-refractivity contribution < 1.29 is 24.1 Å². The van der Waals surface area contributed by atoms with Crippen LogP contribution in [0.1, 0.15) is 24.0 Å². The standard InChI is InChI=1S/C13H9.C5H5.CH2.Zr.2H/c1-3-7-12-10(5-1)9-11-6-2-4-8-13(11)12;1-2-4-5-3-1;;;;/h1-9H;1-3H,4H2;1H2;;;/q;;;+2;2*-1. The summed E-state index contributed by atoms with van der Waals surface area (Å²) < 4.78 is 6.92. The largest absolute Gasteiger partial charge is 1.00 e. The van der Waals surface area contributed by atoms with Crippen LogP contribution in [0, 0.1) is 0 Å². The number of hydrogen-bond acceptors (Lipinski definition) is 0. The molecule has 0 aromatic heterocycles. The summed E-state index contributed by atoms with van der Waals surface area (Å²) in [6.07, 6.45) is 7.94. The van der Waals surface area contributed by atoms with E-state index < -0.39 is 21.3 Å². The third-order valence-electron chi connectivity index (χ3n) is 4.37. The van der Waals surface area contributed by atoms with Crippen molar-refractivity contribution in [1.29, 1.82) is 0 Å². The van der Waals surface area contributed by atoms with Gasteiger partial charge in [-0.1, -0.05) is 0 Å². The Morgan fingerprint density at radius 2 is 1.55 bits per heavy atom. The third kappa shape index (κ3) is 1.80. The molecule has 1 heteroatoms. The van der Waals surface area contributed by atoms with Crippen LogP contribution in [0.2, 0.25) is 0 Å². The molecule has 2 aliphatic carbocycles. The van der Waals surface area contributed by atoms with E-state index in [-0.39, 0.29) is 2.85 Å². The Hall–Kier alpha value is -1.33. The van der Waals surface area contributed by atoms with Crippen molar-refractivity contribution in [2.45, 2.75) is 10.0 Å². The average Bonchev–Trinajstić information content (AvgIpc) is 3.13. The van der Waals surface area contributed by atoms with Crippen LogP contribution in [0.15, 0.2) is 70.0 Å². The van der Waals surface area contributed by atoms with Crippen LogP contribution in [0.25, 0.3) is 11.1 Å². The molecule has 0 nitrogen and oxygen atoms in total. The summed E-state index contributed by atoms with van der Waals surface area (Å²) in [7, 11) is 0. The summed E-state index contributed by atoms with van der Waals surface area (Å²) >= 11 is -1.88. The first-order valence-corrected chi connectivity index (χ1v) is 11.5. The minimum Gasteiger partial charge on any atom is -1.00 e. The van der Waals surface area contributed by atoms with Crippen LogP contribution in [-0.2, 0) is 21.3 Å². The molecular formula is C19H18Zr. The van der Waals surface area contributed by atoms with Gasteiger partial charge in [0.25, 0.3) is 0 Å². The molecule has 20 heavy (non-hydrogen) atoms. The van der Waals surface area contributed by atoms with Gasteiger partial charge < -0.3 is 2.85 Å². The molecule has 2 aromatic rings. The normalized spacial score (nSPS) is 15.4. The second-order valence-electron chi connectivity index (χ2n) is 5.46. The quantitative estimate of drug-likeness (QED) is 0.733. The molecule has 0 amide bonds. The maximum Gasteiger partial charge on any atom is -1.00 e. The van der Waals surface area contributed by atoms with Crippen molar-refractivity contribution in [3.05, 3.63) is 81.2 Å². The fourth-order valence-corrected chi connectivity index (χ4v) is 9.09. The van der Waals surface area contributed by atoms with Crippen LogP contribution in [0.3, 0.4) is 0 Å². The Labute approximate surface area is 130 Å². The molecule has 0 spiro atoms. The van der Waals surface area contributed by atoms with E-state index in [0.717, 1.165) is 6.42 Å². The van der Waals surface area contributed by atoms with Gasteiger partial charge in [-0.05, 0) is 0 Å². The van der Waals surface area contributed by atoms with Crippen molar-refractivity contribution in [1.82, 2.24) is 0 Å². The summed E-state index contributed by atoms with van der Waals surface area (Å²) in [6, 6.07) is 17.8. The molecule has 0 bridgehead atoms. The van der Waals surface area contributed by atoms with Crippen molar-refractivity contribution >= 4 is 4.21 Å². The topological polar surface area (TPSA) is 0 Å². The average molecular weight is 338 g/mol. The Kier molecular flexibility index (Phi) is 3.04. The number of fused-ring (bicyclic) bond motifs is 3. The minimum absolute atomic E-state index is 0. The van der Waals surface area contributed by atoms with Crippen LogP contribution in [0.4, 0.5) is 0 Å². The van der Waals surface area contributed by atoms with Gasteiger partial charge in [0.15, 0.2) is 0 Å². The molecule has 0 atom stereocenters. The molecule has 0 radical (unpaired) electrons. The molecule has 0 aliphatic heterocycles. The minimum atomic E-state index is -1.88. The van der Waals surface area contributed by atoms with Crippen molar-refractivity contribution in [2.24, 2.45) is 0 Å². The van der Waals surface area contributed by atoms with Gasteiger partial charge in [-0.3, -0.25) is 0 Å². The monoisotopic (exact) mass is 336 g/mol. The van der Waals surface area contributed by atoms with Crippen molar-refractivity contribution in [2.75, 3.05) is 0 Å². The first-order chi connectivity index (χ1) is 9.86. The maximum atomic E-state index is 4.69. The van der Waals surface area contributed by atoms with Crippen LogP contribution in [0.5, 0.6) is 0 Å². The molecule has 98 valence electrons. The van der Waals surface area contributed by atoms with Gasteiger partial charge in [-0.25, -0.2) is 0 Å². The van der Waals surface area contributed by atoms with E-state index in [1.807, 2.05) is 0 Å². The fraction of sp³-hybridized carbons (Fsp3) is 0.105. The Morgan fingerprint density at radius 1 is 0.950 bits per heavy atom. The number of benzene rings is 2. The number of rotatable bonds is 2. The van der Waals surface area contributed by atoms with Gasteiger partial charge in [0.1, 0.15) is 0 Å². The molecule has 0 saturated heterocycles. The molecule has 0 fully saturated rings. The molecule has 0 N–H and O–H groups in total. The Balaban J connectivity index is 0.000000882. The molecule has 0 unspecified atom stereocenters. The summed E-state index contributed by atoms with van der Waals surface area (Å²) in [5.74, 6) is 0. The molecule has 2 aliphatic rings. The number of allylic oxidation sites excluding steroid dienone is 4. The van der Waals surface area contributed by atoms with Gasteiger partial charge >= 0.3 is 128 Å². The van der Waals surface area contributed by atoms with E-state index in [1.165, 1.54) is 22.3 Å². The van der Waals surface area contributed by atoms with Crippen molar-refractivity contribution in [3.63, 3.8) is 0 Å². The van der Waals surface area contributed by atoms with E-state index in [9.17, 15) is 0 Å². The smallest absolute Gasteiger partial charge is 1.00 e. The predicted molar refractivity (Wildman–Crippen MR) is 84.9 cm³/mol. The zero-order valence-electron chi connectivity index (χ0n) is 13.3. The second-order valence-corrected chi connectivity index (χ2v) is 11.0. The van der Waals surface area contributed by atoms with E-state index in [0.29, 0.717) is 3.63 Å². The molecular weight excluding hydrogens is 319 g/mol. The zero-order valence-corrected chi connectivity index (χ0v) is 13.8. The first kappa shape index (κ1) is 12.4. The van der Waals surface area contributed by atoms with Crippen LogP contribution in [-0.4, -0.2) is 4.21 Å². The van der Waals surface area contributed by atoms with Crippen LogP contribution >= 0.6 is 0 Å². The van der Waals surface area contributed by atoms with E-state index in [2.05, 4.69) is 71.0 Å².